The Morgan fingerprint density at radius 2 is 2.10 bits per heavy atom. The summed E-state index contributed by atoms with van der Waals surface area (Å²) in [4.78, 5) is 0. The average Bonchev–Trinajstić information content (AvgIpc) is 2.83. The number of halogens is 2. The van der Waals surface area contributed by atoms with Gasteiger partial charge in [-0.05, 0) is 31.2 Å². The monoisotopic (exact) mass is 314 g/mol. The largest absolute Gasteiger partial charge is 0.407 e. The van der Waals surface area contributed by atoms with E-state index in [9.17, 15) is 0 Å². The van der Waals surface area contributed by atoms with Gasteiger partial charge >= 0.3 is 6.01 Å². The number of anilines is 1. The predicted molar refractivity (Wildman–Crippen MR) is 80.2 cm³/mol. The van der Waals surface area contributed by atoms with Crippen LogP contribution in [0.3, 0.4) is 0 Å². The molecule has 7 heteroatoms. The molecule has 0 bridgehead atoms. The van der Waals surface area contributed by atoms with E-state index in [0.29, 0.717) is 28.5 Å². The van der Waals surface area contributed by atoms with Crippen LogP contribution in [0.5, 0.6) is 0 Å². The first-order chi connectivity index (χ1) is 9.60. The molecule has 1 aromatic heterocycles. The molecular weight excluding hydrogens is 299 g/mol. The second-order valence-electron chi connectivity index (χ2n) is 4.31. The fraction of sp³-hybridized carbons (Fsp3) is 0.385. The van der Waals surface area contributed by atoms with Crippen LogP contribution in [0.25, 0.3) is 0 Å². The van der Waals surface area contributed by atoms with Gasteiger partial charge in [0.1, 0.15) is 0 Å². The molecule has 2 N–H and O–H groups in total. The van der Waals surface area contributed by atoms with E-state index in [1.54, 1.807) is 12.1 Å². The molecule has 0 aliphatic rings. The average molecular weight is 315 g/mol. The standard InChI is InChI=1S/C13H16Cl2N4O/c1-3-16-7-12-18-19-13(20-12)17-8(2)10-5-4-9(14)6-11(10)15/h4-6,8,16H,3,7H2,1-2H3,(H,17,19). The number of hydrogen-bond donors (Lipinski definition) is 2. The maximum Gasteiger partial charge on any atom is 0.315 e. The Labute approximate surface area is 127 Å². The highest BCUT2D eigenvalue weighted by atomic mass is 35.5. The molecule has 0 saturated carbocycles. The lowest BCUT2D eigenvalue weighted by Crippen LogP contribution is -2.11. The molecular formula is C13H16Cl2N4O. The molecule has 0 spiro atoms. The Balaban J connectivity index is 2.03. The normalized spacial score (nSPS) is 12.4. The summed E-state index contributed by atoms with van der Waals surface area (Å²) in [6.07, 6.45) is 0. The van der Waals surface area contributed by atoms with Crippen LogP contribution in [0.4, 0.5) is 6.01 Å². The first-order valence-corrected chi connectivity index (χ1v) is 7.10. The quantitative estimate of drug-likeness (QED) is 0.852. The molecule has 0 aliphatic heterocycles. The van der Waals surface area contributed by atoms with E-state index in [1.165, 1.54) is 0 Å². The van der Waals surface area contributed by atoms with Gasteiger partial charge in [-0.2, -0.15) is 0 Å². The van der Waals surface area contributed by atoms with E-state index in [2.05, 4.69) is 20.8 Å². The van der Waals surface area contributed by atoms with E-state index in [-0.39, 0.29) is 6.04 Å². The van der Waals surface area contributed by atoms with Crippen molar-refractivity contribution >= 4 is 29.2 Å². The highest BCUT2D eigenvalue weighted by molar-refractivity contribution is 6.35. The third kappa shape index (κ3) is 3.85. The van der Waals surface area contributed by atoms with Crippen LogP contribution in [0, 0.1) is 0 Å². The van der Waals surface area contributed by atoms with E-state index in [4.69, 9.17) is 27.6 Å². The minimum atomic E-state index is -0.0628. The minimum Gasteiger partial charge on any atom is -0.407 e. The lowest BCUT2D eigenvalue weighted by atomic mass is 10.1. The third-order valence-electron chi connectivity index (χ3n) is 2.76. The molecule has 0 amide bonds. The molecule has 2 rings (SSSR count). The highest BCUT2D eigenvalue weighted by Gasteiger charge is 2.13. The number of hydrogen-bond acceptors (Lipinski definition) is 5. The molecule has 5 nitrogen and oxygen atoms in total. The van der Waals surface area contributed by atoms with E-state index >= 15 is 0 Å². The fourth-order valence-corrected chi connectivity index (χ4v) is 2.30. The van der Waals surface area contributed by atoms with Crippen LogP contribution in [0.15, 0.2) is 22.6 Å². The van der Waals surface area contributed by atoms with Gasteiger partial charge in [0.25, 0.3) is 0 Å². The molecule has 1 aromatic carbocycles. The van der Waals surface area contributed by atoms with Gasteiger partial charge in [0.05, 0.1) is 12.6 Å². The van der Waals surface area contributed by atoms with Crippen molar-refractivity contribution in [2.45, 2.75) is 26.4 Å². The summed E-state index contributed by atoms with van der Waals surface area (Å²) >= 11 is 12.0. The Bertz CT molecular complexity index is 573. The summed E-state index contributed by atoms with van der Waals surface area (Å²) in [5, 5.41) is 15.3. The van der Waals surface area contributed by atoms with Crippen LogP contribution >= 0.6 is 23.2 Å². The molecule has 0 saturated heterocycles. The summed E-state index contributed by atoms with van der Waals surface area (Å²) < 4.78 is 5.48. The number of nitrogens with one attached hydrogen (secondary N) is 2. The molecule has 0 fully saturated rings. The van der Waals surface area contributed by atoms with Gasteiger partial charge in [-0.15, -0.1) is 5.10 Å². The van der Waals surface area contributed by atoms with Crippen molar-refractivity contribution in [3.8, 4) is 0 Å². The maximum atomic E-state index is 6.16. The lowest BCUT2D eigenvalue weighted by molar-refractivity contribution is 0.478. The summed E-state index contributed by atoms with van der Waals surface area (Å²) in [6, 6.07) is 5.69. The maximum absolute atomic E-state index is 6.16. The van der Waals surface area contributed by atoms with Crippen molar-refractivity contribution in [2.24, 2.45) is 0 Å². The van der Waals surface area contributed by atoms with Gasteiger partial charge in [0.2, 0.25) is 5.89 Å². The van der Waals surface area contributed by atoms with Crippen molar-refractivity contribution < 1.29 is 4.42 Å². The first-order valence-electron chi connectivity index (χ1n) is 6.34. The Hall–Kier alpha value is -1.30. The number of rotatable bonds is 6. The molecule has 1 unspecified atom stereocenters. The van der Waals surface area contributed by atoms with Crippen molar-refractivity contribution in [1.82, 2.24) is 15.5 Å². The van der Waals surface area contributed by atoms with Gasteiger partial charge < -0.3 is 15.1 Å². The predicted octanol–water partition coefficient (Wildman–Crippen LogP) is 3.66. The minimum absolute atomic E-state index is 0.0628. The van der Waals surface area contributed by atoms with Crippen molar-refractivity contribution in [3.63, 3.8) is 0 Å². The molecule has 1 heterocycles. The van der Waals surface area contributed by atoms with Gasteiger partial charge in [0.15, 0.2) is 0 Å². The summed E-state index contributed by atoms with van der Waals surface area (Å²) in [5.41, 5.74) is 0.919. The summed E-state index contributed by atoms with van der Waals surface area (Å²) in [6.45, 7) is 5.38. The van der Waals surface area contributed by atoms with Crippen LogP contribution in [0.1, 0.15) is 31.3 Å². The molecule has 20 heavy (non-hydrogen) atoms. The van der Waals surface area contributed by atoms with Crippen LogP contribution in [-0.2, 0) is 6.54 Å². The second-order valence-corrected chi connectivity index (χ2v) is 5.16. The Kier molecular flexibility index (Phi) is 5.23. The molecule has 2 aromatic rings. The Morgan fingerprint density at radius 3 is 2.80 bits per heavy atom. The summed E-state index contributed by atoms with van der Waals surface area (Å²) in [7, 11) is 0. The smallest absolute Gasteiger partial charge is 0.315 e. The van der Waals surface area contributed by atoms with E-state index < -0.39 is 0 Å². The number of nitrogens with zero attached hydrogens (tertiary/aromatic N) is 2. The zero-order chi connectivity index (χ0) is 14.5. The van der Waals surface area contributed by atoms with E-state index in [0.717, 1.165) is 12.1 Å². The Morgan fingerprint density at radius 1 is 1.30 bits per heavy atom. The van der Waals surface area contributed by atoms with Gasteiger partial charge in [0, 0.05) is 10.0 Å². The lowest BCUT2D eigenvalue weighted by Gasteiger charge is -2.13. The van der Waals surface area contributed by atoms with Crippen molar-refractivity contribution in [2.75, 3.05) is 11.9 Å². The van der Waals surface area contributed by atoms with Gasteiger partial charge in [-0.1, -0.05) is 41.3 Å². The second kappa shape index (κ2) is 6.92. The first kappa shape index (κ1) is 15.1. The third-order valence-corrected chi connectivity index (χ3v) is 3.32. The van der Waals surface area contributed by atoms with Crippen molar-refractivity contribution in [3.05, 3.63) is 39.7 Å². The van der Waals surface area contributed by atoms with Crippen LogP contribution in [0.2, 0.25) is 10.0 Å². The number of benzene rings is 1. The van der Waals surface area contributed by atoms with Gasteiger partial charge in [-0.3, -0.25) is 0 Å². The van der Waals surface area contributed by atoms with Crippen molar-refractivity contribution in [1.29, 1.82) is 0 Å². The topological polar surface area (TPSA) is 63.0 Å². The van der Waals surface area contributed by atoms with Crippen LogP contribution < -0.4 is 10.6 Å². The van der Waals surface area contributed by atoms with E-state index in [1.807, 2.05) is 19.9 Å². The highest BCUT2D eigenvalue weighted by Crippen LogP contribution is 2.28. The molecule has 108 valence electrons. The summed E-state index contributed by atoms with van der Waals surface area (Å²) in [5.74, 6) is 0.545. The molecule has 1 atom stereocenters. The zero-order valence-electron chi connectivity index (χ0n) is 11.3. The zero-order valence-corrected chi connectivity index (χ0v) is 12.8. The van der Waals surface area contributed by atoms with Crippen LogP contribution in [-0.4, -0.2) is 16.7 Å². The molecule has 0 aliphatic carbocycles. The fourth-order valence-electron chi connectivity index (χ4n) is 1.73. The van der Waals surface area contributed by atoms with Gasteiger partial charge in [-0.25, -0.2) is 0 Å². The SMILES string of the molecule is CCNCc1nnc(NC(C)c2ccc(Cl)cc2Cl)o1. The molecule has 0 radical (unpaired) electrons. The number of aromatic nitrogens is 2.